The lowest BCUT2D eigenvalue weighted by Crippen LogP contribution is -2.24. The van der Waals surface area contributed by atoms with Crippen molar-refractivity contribution in [2.75, 3.05) is 16.8 Å². The number of aryl methyl sites for hydroxylation is 2. The zero-order valence-electron chi connectivity index (χ0n) is 10.3. The van der Waals surface area contributed by atoms with Gasteiger partial charge < -0.3 is 5.32 Å². The first kappa shape index (κ1) is 13.7. The van der Waals surface area contributed by atoms with E-state index in [-0.39, 0.29) is 5.75 Å². The van der Waals surface area contributed by atoms with E-state index in [4.69, 9.17) is 0 Å². The Morgan fingerprint density at radius 2 is 1.76 bits per heavy atom. The van der Waals surface area contributed by atoms with Crippen LogP contribution in [0.4, 0.5) is 5.69 Å². The summed E-state index contributed by atoms with van der Waals surface area (Å²) < 4.78 is 22.6. The zero-order valence-corrected chi connectivity index (χ0v) is 11.1. The summed E-state index contributed by atoms with van der Waals surface area (Å²) in [4.78, 5) is 11.6. The van der Waals surface area contributed by atoms with Gasteiger partial charge in [-0.05, 0) is 25.0 Å². The molecular weight excluding hydrogens is 238 g/mol. The summed E-state index contributed by atoms with van der Waals surface area (Å²) in [7, 11) is -3.28. The van der Waals surface area contributed by atoms with E-state index in [2.05, 4.69) is 5.32 Å². The van der Waals surface area contributed by atoms with E-state index in [1.54, 1.807) is 0 Å². The molecule has 0 aromatic heterocycles. The van der Waals surface area contributed by atoms with Crippen molar-refractivity contribution < 1.29 is 13.2 Å². The molecule has 0 saturated carbocycles. The fraction of sp³-hybridized carbons (Fsp3) is 0.417. The van der Waals surface area contributed by atoms with Crippen LogP contribution in [0.25, 0.3) is 0 Å². The van der Waals surface area contributed by atoms with Crippen LogP contribution >= 0.6 is 0 Å². The summed E-state index contributed by atoms with van der Waals surface area (Å²) in [5.74, 6) is -0.964. The molecule has 0 unspecified atom stereocenters. The minimum absolute atomic E-state index is 0.0207. The van der Waals surface area contributed by atoms with E-state index < -0.39 is 21.5 Å². The molecule has 0 bridgehead atoms. The Labute approximate surface area is 102 Å². The maximum Gasteiger partial charge on any atom is 0.239 e. The van der Waals surface area contributed by atoms with E-state index in [1.807, 2.05) is 32.0 Å². The van der Waals surface area contributed by atoms with Crippen molar-refractivity contribution in [1.82, 2.24) is 0 Å². The highest BCUT2D eigenvalue weighted by molar-refractivity contribution is 7.92. The normalized spacial score (nSPS) is 11.2. The van der Waals surface area contributed by atoms with Crippen molar-refractivity contribution in [2.45, 2.75) is 20.8 Å². The summed E-state index contributed by atoms with van der Waals surface area (Å²) in [6.07, 6.45) is 0. The second-order valence-electron chi connectivity index (χ2n) is 3.99. The molecule has 0 heterocycles. The van der Waals surface area contributed by atoms with E-state index in [0.717, 1.165) is 11.1 Å². The Hall–Kier alpha value is -1.36. The predicted octanol–water partition coefficient (Wildman–Crippen LogP) is 1.68. The van der Waals surface area contributed by atoms with Gasteiger partial charge in [0.15, 0.2) is 9.84 Å². The van der Waals surface area contributed by atoms with E-state index in [1.165, 1.54) is 6.92 Å². The molecule has 0 fully saturated rings. The minimum Gasteiger partial charge on any atom is -0.325 e. The lowest BCUT2D eigenvalue weighted by Gasteiger charge is -2.11. The number of rotatable bonds is 4. The topological polar surface area (TPSA) is 63.2 Å². The van der Waals surface area contributed by atoms with E-state index in [0.29, 0.717) is 5.69 Å². The summed E-state index contributed by atoms with van der Waals surface area (Å²) in [6.45, 7) is 5.27. The third-order valence-corrected chi connectivity index (χ3v) is 4.12. The molecular formula is C12H17NO3S. The Morgan fingerprint density at radius 3 is 2.24 bits per heavy atom. The van der Waals surface area contributed by atoms with Gasteiger partial charge in [-0.15, -0.1) is 0 Å². The first-order valence-corrected chi connectivity index (χ1v) is 7.24. The van der Waals surface area contributed by atoms with Crippen molar-refractivity contribution in [3.8, 4) is 0 Å². The summed E-state index contributed by atoms with van der Waals surface area (Å²) in [6, 6.07) is 5.64. The van der Waals surface area contributed by atoms with Crippen molar-refractivity contribution >= 4 is 21.4 Å². The quantitative estimate of drug-likeness (QED) is 0.890. The molecule has 4 nitrogen and oxygen atoms in total. The molecule has 5 heteroatoms. The highest BCUT2D eigenvalue weighted by Gasteiger charge is 2.15. The molecule has 0 saturated heterocycles. The third-order valence-electron chi connectivity index (χ3n) is 2.54. The van der Waals surface area contributed by atoms with Crippen LogP contribution in [0.1, 0.15) is 18.1 Å². The maximum atomic E-state index is 11.6. The van der Waals surface area contributed by atoms with Gasteiger partial charge in [-0.2, -0.15) is 0 Å². The lowest BCUT2D eigenvalue weighted by molar-refractivity contribution is -0.113. The van der Waals surface area contributed by atoms with Gasteiger partial charge in [0.25, 0.3) is 0 Å². The number of hydrogen-bond donors (Lipinski definition) is 1. The standard InChI is InChI=1S/C12H17NO3S/c1-4-17(15,16)8-11(14)13-12-9(2)6-5-7-10(12)3/h5-7H,4,8H2,1-3H3,(H,13,14). The van der Waals surface area contributed by atoms with Crippen LogP contribution < -0.4 is 5.32 Å². The summed E-state index contributed by atoms with van der Waals surface area (Å²) in [5.41, 5.74) is 2.54. The monoisotopic (exact) mass is 255 g/mol. The number of hydrogen-bond acceptors (Lipinski definition) is 3. The van der Waals surface area contributed by atoms with Gasteiger partial charge in [0.1, 0.15) is 5.75 Å². The van der Waals surface area contributed by atoms with Crippen molar-refractivity contribution in [2.24, 2.45) is 0 Å². The molecule has 1 aromatic carbocycles. The van der Waals surface area contributed by atoms with Gasteiger partial charge in [-0.3, -0.25) is 4.79 Å². The molecule has 0 aliphatic heterocycles. The third kappa shape index (κ3) is 3.85. The number of nitrogens with one attached hydrogen (secondary N) is 1. The molecule has 1 N–H and O–H groups in total. The van der Waals surface area contributed by atoms with Crippen molar-refractivity contribution in [3.63, 3.8) is 0 Å². The van der Waals surface area contributed by atoms with Crippen LogP contribution in [0.3, 0.4) is 0 Å². The average Bonchev–Trinajstić information content (AvgIpc) is 2.23. The predicted molar refractivity (Wildman–Crippen MR) is 68.9 cm³/mol. The number of carbonyl (C=O) groups excluding carboxylic acids is 1. The van der Waals surface area contributed by atoms with E-state index >= 15 is 0 Å². The van der Waals surface area contributed by atoms with Crippen LogP contribution in [0.15, 0.2) is 18.2 Å². The molecule has 17 heavy (non-hydrogen) atoms. The van der Waals surface area contributed by atoms with Crippen LogP contribution in [0.2, 0.25) is 0 Å². The molecule has 0 atom stereocenters. The maximum absolute atomic E-state index is 11.6. The Kier molecular flexibility index (Phi) is 4.28. The highest BCUT2D eigenvalue weighted by Crippen LogP contribution is 2.19. The molecule has 0 spiro atoms. The molecule has 0 radical (unpaired) electrons. The largest absolute Gasteiger partial charge is 0.325 e. The number of amides is 1. The Balaban J connectivity index is 2.83. The van der Waals surface area contributed by atoms with Gasteiger partial charge >= 0.3 is 0 Å². The molecule has 1 rings (SSSR count). The van der Waals surface area contributed by atoms with Crippen molar-refractivity contribution in [1.29, 1.82) is 0 Å². The van der Waals surface area contributed by atoms with Gasteiger partial charge in [-0.25, -0.2) is 8.42 Å². The fourth-order valence-corrected chi connectivity index (χ4v) is 2.16. The SMILES string of the molecule is CCS(=O)(=O)CC(=O)Nc1c(C)cccc1C. The van der Waals surface area contributed by atoms with Crippen LogP contribution in [-0.2, 0) is 14.6 Å². The second kappa shape index (κ2) is 5.31. The highest BCUT2D eigenvalue weighted by atomic mass is 32.2. The first-order valence-electron chi connectivity index (χ1n) is 5.42. The van der Waals surface area contributed by atoms with E-state index in [9.17, 15) is 13.2 Å². The zero-order chi connectivity index (χ0) is 13.1. The number of carbonyl (C=O) groups is 1. The summed E-state index contributed by atoms with van der Waals surface area (Å²) >= 11 is 0. The number of benzene rings is 1. The number of anilines is 1. The molecule has 1 aromatic rings. The average molecular weight is 255 g/mol. The lowest BCUT2D eigenvalue weighted by atomic mass is 10.1. The van der Waals surface area contributed by atoms with Gasteiger partial charge in [-0.1, -0.05) is 25.1 Å². The van der Waals surface area contributed by atoms with Crippen LogP contribution in [0, 0.1) is 13.8 Å². The van der Waals surface area contributed by atoms with Gasteiger partial charge in [0.2, 0.25) is 5.91 Å². The number of sulfone groups is 1. The summed E-state index contributed by atoms with van der Waals surface area (Å²) in [5, 5.41) is 2.65. The van der Waals surface area contributed by atoms with Gasteiger partial charge in [0, 0.05) is 11.4 Å². The van der Waals surface area contributed by atoms with Crippen molar-refractivity contribution in [3.05, 3.63) is 29.3 Å². The minimum atomic E-state index is -3.28. The van der Waals surface area contributed by atoms with Gasteiger partial charge in [0.05, 0.1) is 0 Å². The second-order valence-corrected chi connectivity index (χ2v) is 6.34. The smallest absolute Gasteiger partial charge is 0.239 e. The number of para-hydroxylation sites is 1. The Bertz CT molecular complexity index is 500. The molecule has 94 valence electrons. The van der Waals surface area contributed by atoms with Crippen LogP contribution in [-0.4, -0.2) is 25.8 Å². The fourth-order valence-electron chi connectivity index (χ4n) is 1.49. The van der Waals surface area contributed by atoms with Crippen LogP contribution in [0.5, 0.6) is 0 Å². The first-order chi connectivity index (χ1) is 7.85. The molecule has 1 amide bonds. The molecule has 0 aliphatic rings. The Morgan fingerprint density at radius 1 is 1.24 bits per heavy atom. The molecule has 0 aliphatic carbocycles.